The molecule has 0 saturated carbocycles. The fraction of sp³-hybridized carbons (Fsp3) is 0.500. The molecule has 15 heavy (non-hydrogen) atoms. The monoisotopic (exact) mass is 228 g/mol. The van der Waals surface area contributed by atoms with Crippen molar-refractivity contribution in [2.75, 3.05) is 0 Å². The first-order valence-electron chi connectivity index (χ1n) is 5.07. The van der Waals surface area contributed by atoms with Crippen LogP contribution in [0.15, 0.2) is 12.1 Å². The van der Waals surface area contributed by atoms with Crippen LogP contribution in [0.2, 0.25) is 5.02 Å². The van der Waals surface area contributed by atoms with Gasteiger partial charge < -0.3 is 9.84 Å². The Morgan fingerprint density at radius 3 is 2.33 bits per heavy atom. The molecule has 1 rings (SSSR count). The molecular weight excluding hydrogens is 212 g/mol. The van der Waals surface area contributed by atoms with Crippen molar-refractivity contribution in [2.45, 2.75) is 39.9 Å². The van der Waals surface area contributed by atoms with Gasteiger partial charge in [-0.3, -0.25) is 0 Å². The van der Waals surface area contributed by atoms with Crippen molar-refractivity contribution < 1.29 is 9.84 Å². The van der Waals surface area contributed by atoms with E-state index in [0.717, 1.165) is 11.1 Å². The number of rotatable bonds is 3. The summed E-state index contributed by atoms with van der Waals surface area (Å²) in [7, 11) is 0. The van der Waals surface area contributed by atoms with Gasteiger partial charge in [0.25, 0.3) is 0 Å². The average Bonchev–Trinajstić information content (AvgIpc) is 2.12. The molecule has 0 bridgehead atoms. The third kappa shape index (κ3) is 2.86. The number of aliphatic hydroxyl groups is 1. The second kappa shape index (κ2) is 4.86. The Morgan fingerprint density at radius 1 is 1.27 bits per heavy atom. The zero-order chi connectivity index (χ0) is 11.6. The number of halogens is 1. The van der Waals surface area contributed by atoms with Gasteiger partial charge in [0.2, 0.25) is 0 Å². The maximum atomic E-state index is 9.59. The Labute approximate surface area is 95.8 Å². The highest BCUT2D eigenvalue weighted by Gasteiger charge is 2.15. The van der Waals surface area contributed by atoms with Crippen LogP contribution in [0.3, 0.4) is 0 Å². The summed E-state index contributed by atoms with van der Waals surface area (Å²) in [5.74, 6) is 0.599. The summed E-state index contributed by atoms with van der Waals surface area (Å²) in [5, 5.41) is 10.2. The minimum absolute atomic E-state index is 0.0433. The van der Waals surface area contributed by atoms with Crippen molar-refractivity contribution in [1.29, 1.82) is 0 Å². The van der Waals surface area contributed by atoms with Crippen molar-refractivity contribution in [2.24, 2.45) is 0 Å². The van der Waals surface area contributed by atoms with Crippen LogP contribution in [-0.4, -0.2) is 11.2 Å². The molecule has 1 N–H and O–H groups in total. The molecule has 0 fully saturated rings. The smallest absolute Gasteiger partial charge is 0.144 e. The van der Waals surface area contributed by atoms with Crippen LogP contribution in [0.4, 0.5) is 0 Å². The summed E-state index contributed by atoms with van der Waals surface area (Å²) in [4.78, 5) is 0. The lowest BCUT2D eigenvalue weighted by Gasteiger charge is -2.18. The first-order valence-corrected chi connectivity index (χ1v) is 5.45. The van der Waals surface area contributed by atoms with Crippen molar-refractivity contribution in [3.8, 4) is 5.75 Å². The van der Waals surface area contributed by atoms with E-state index in [1.54, 1.807) is 6.92 Å². The summed E-state index contributed by atoms with van der Waals surface area (Å²) in [6.45, 7) is 7.49. The normalized spacial score (nSPS) is 13.0. The van der Waals surface area contributed by atoms with E-state index in [4.69, 9.17) is 16.3 Å². The molecule has 0 heterocycles. The molecule has 0 spiro atoms. The van der Waals surface area contributed by atoms with Gasteiger partial charge in [-0.15, -0.1) is 0 Å². The van der Waals surface area contributed by atoms with E-state index in [1.807, 2.05) is 32.9 Å². The van der Waals surface area contributed by atoms with Crippen LogP contribution in [-0.2, 0) is 0 Å². The van der Waals surface area contributed by atoms with E-state index in [1.165, 1.54) is 0 Å². The zero-order valence-corrected chi connectivity index (χ0v) is 10.3. The highest BCUT2D eigenvalue weighted by atomic mass is 35.5. The van der Waals surface area contributed by atoms with Gasteiger partial charge in [0.1, 0.15) is 5.75 Å². The van der Waals surface area contributed by atoms with E-state index < -0.39 is 6.10 Å². The summed E-state index contributed by atoms with van der Waals surface area (Å²) in [5.41, 5.74) is 1.69. The topological polar surface area (TPSA) is 29.5 Å². The number of hydrogen-bond acceptors (Lipinski definition) is 2. The fourth-order valence-corrected chi connectivity index (χ4v) is 1.57. The molecule has 2 nitrogen and oxygen atoms in total. The predicted molar refractivity (Wildman–Crippen MR) is 62.6 cm³/mol. The molecule has 1 unspecified atom stereocenters. The maximum absolute atomic E-state index is 9.59. The molecule has 0 aromatic heterocycles. The first kappa shape index (κ1) is 12.3. The van der Waals surface area contributed by atoms with E-state index in [0.29, 0.717) is 10.8 Å². The summed E-state index contributed by atoms with van der Waals surface area (Å²) >= 11 is 6.15. The zero-order valence-electron chi connectivity index (χ0n) is 9.54. The Balaban J connectivity index is 3.22. The van der Waals surface area contributed by atoms with Gasteiger partial charge in [-0.05, 0) is 33.3 Å². The molecule has 0 saturated heterocycles. The Morgan fingerprint density at radius 2 is 1.87 bits per heavy atom. The van der Waals surface area contributed by atoms with Gasteiger partial charge in [0, 0.05) is 5.56 Å². The van der Waals surface area contributed by atoms with Crippen molar-refractivity contribution in [3.05, 3.63) is 28.3 Å². The number of aliphatic hydroxyl groups excluding tert-OH is 1. The van der Waals surface area contributed by atoms with E-state index in [2.05, 4.69) is 0 Å². The number of benzene rings is 1. The van der Waals surface area contributed by atoms with Crippen molar-refractivity contribution in [1.82, 2.24) is 0 Å². The van der Waals surface area contributed by atoms with Gasteiger partial charge in [-0.2, -0.15) is 0 Å². The van der Waals surface area contributed by atoms with Crippen LogP contribution in [0, 0.1) is 6.92 Å². The van der Waals surface area contributed by atoms with Crippen LogP contribution in [0.5, 0.6) is 5.75 Å². The third-order valence-corrected chi connectivity index (χ3v) is 2.59. The molecule has 0 radical (unpaired) electrons. The quantitative estimate of drug-likeness (QED) is 0.858. The first-order chi connectivity index (χ1) is 6.93. The van der Waals surface area contributed by atoms with Crippen LogP contribution in [0.1, 0.15) is 38.0 Å². The predicted octanol–water partition coefficient (Wildman–Crippen LogP) is 3.49. The SMILES string of the molecule is Cc1ccc(C(C)O)c(OC(C)C)c1Cl. The van der Waals surface area contributed by atoms with Crippen molar-refractivity contribution >= 4 is 11.6 Å². The van der Waals surface area contributed by atoms with Crippen LogP contribution in [0.25, 0.3) is 0 Å². The van der Waals surface area contributed by atoms with Gasteiger partial charge in [0.15, 0.2) is 0 Å². The lowest BCUT2D eigenvalue weighted by molar-refractivity contribution is 0.183. The molecule has 84 valence electrons. The van der Waals surface area contributed by atoms with Crippen LogP contribution < -0.4 is 4.74 Å². The highest BCUT2D eigenvalue weighted by molar-refractivity contribution is 6.32. The molecule has 0 aliphatic heterocycles. The highest BCUT2D eigenvalue weighted by Crippen LogP contribution is 2.35. The molecule has 1 atom stereocenters. The van der Waals surface area contributed by atoms with Gasteiger partial charge in [-0.1, -0.05) is 23.7 Å². The Kier molecular flexibility index (Phi) is 4.00. The Hall–Kier alpha value is -0.730. The lowest BCUT2D eigenvalue weighted by Crippen LogP contribution is -2.09. The number of aryl methyl sites for hydroxylation is 1. The average molecular weight is 229 g/mol. The van der Waals surface area contributed by atoms with Crippen LogP contribution >= 0.6 is 11.6 Å². The molecule has 0 amide bonds. The molecule has 0 aliphatic carbocycles. The number of ether oxygens (including phenoxy) is 1. The summed E-state index contributed by atoms with van der Waals surface area (Å²) < 4.78 is 5.63. The molecule has 1 aromatic carbocycles. The van der Waals surface area contributed by atoms with Gasteiger partial charge >= 0.3 is 0 Å². The standard InChI is InChI=1S/C12H17ClO2/c1-7(2)15-12-10(9(4)14)6-5-8(3)11(12)13/h5-7,9,14H,1-4H3. The fourth-order valence-electron chi connectivity index (χ4n) is 1.35. The molecular formula is C12H17ClO2. The van der Waals surface area contributed by atoms with E-state index in [-0.39, 0.29) is 6.10 Å². The number of hydrogen-bond donors (Lipinski definition) is 1. The Bertz CT molecular complexity index is 346. The molecule has 0 aliphatic rings. The maximum Gasteiger partial charge on any atom is 0.144 e. The molecule has 1 aromatic rings. The minimum atomic E-state index is -0.572. The molecule has 3 heteroatoms. The second-order valence-corrected chi connectivity index (χ2v) is 4.34. The van der Waals surface area contributed by atoms with E-state index >= 15 is 0 Å². The summed E-state index contributed by atoms with van der Waals surface area (Å²) in [6, 6.07) is 3.74. The lowest BCUT2D eigenvalue weighted by atomic mass is 10.1. The minimum Gasteiger partial charge on any atom is -0.489 e. The largest absolute Gasteiger partial charge is 0.489 e. The van der Waals surface area contributed by atoms with E-state index in [9.17, 15) is 5.11 Å². The van der Waals surface area contributed by atoms with Crippen molar-refractivity contribution in [3.63, 3.8) is 0 Å². The third-order valence-electron chi connectivity index (χ3n) is 2.12. The van der Waals surface area contributed by atoms with Gasteiger partial charge in [-0.25, -0.2) is 0 Å². The van der Waals surface area contributed by atoms with Gasteiger partial charge in [0.05, 0.1) is 17.2 Å². The second-order valence-electron chi connectivity index (χ2n) is 3.96. The summed E-state index contributed by atoms with van der Waals surface area (Å²) in [6.07, 6.45) is -0.529.